The summed E-state index contributed by atoms with van der Waals surface area (Å²) in [6.07, 6.45) is 9.53. The van der Waals surface area contributed by atoms with Crippen LogP contribution >= 0.6 is 0 Å². The Morgan fingerprint density at radius 1 is 1.30 bits per heavy atom. The van der Waals surface area contributed by atoms with Gasteiger partial charge in [-0.2, -0.15) is 5.10 Å². The maximum Gasteiger partial charge on any atom is 0.317 e. The molecule has 2 atom stereocenters. The number of aliphatic carboxylic acids is 1. The van der Waals surface area contributed by atoms with Crippen LogP contribution in [0.3, 0.4) is 0 Å². The van der Waals surface area contributed by atoms with Gasteiger partial charge in [0.1, 0.15) is 17.6 Å². The fourth-order valence-corrected chi connectivity index (χ4v) is 4.56. The Labute approximate surface area is 192 Å². The Bertz CT molecular complexity index is 920. The predicted molar refractivity (Wildman–Crippen MR) is 121 cm³/mol. The molecule has 1 aromatic heterocycles. The number of amides is 2. The van der Waals surface area contributed by atoms with E-state index in [2.05, 4.69) is 15.7 Å². The first-order valence-electron chi connectivity index (χ1n) is 11.3. The first-order chi connectivity index (χ1) is 15.8. The lowest BCUT2D eigenvalue weighted by Gasteiger charge is -2.31. The molecular formula is C22H33N7O4. The van der Waals surface area contributed by atoms with Crippen LogP contribution in [0.25, 0.3) is 0 Å². The summed E-state index contributed by atoms with van der Waals surface area (Å²) in [4.78, 5) is 38.8. The molecule has 1 aliphatic carbocycles. The first-order valence-corrected chi connectivity index (χ1v) is 11.3. The van der Waals surface area contributed by atoms with Crippen molar-refractivity contribution in [2.75, 3.05) is 13.1 Å². The second-order valence-electron chi connectivity index (χ2n) is 8.71. The third-order valence-corrected chi connectivity index (χ3v) is 6.25. The van der Waals surface area contributed by atoms with Crippen molar-refractivity contribution in [3.05, 3.63) is 29.6 Å². The number of amidine groups is 1. The maximum absolute atomic E-state index is 13.3. The van der Waals surface area contributed by atoms with Crippen molar-refractivity contribution < 1.29 is 19.5 Å². The lowest BCUT2D eigenvalue weighted by atomic mass is 9.84. The monoisotopic (exact) mass is 459 g/mol. The van der Waals surface area contributed by atoms with Crippen LogP contribution in [0.5, 0.6) is 0 Å². The van der Waals surface area contributed by atoms with E-state index < -0.39 is 18.1 Å². The number of carbonyl (C=O) groups is 3. The normalized spacial score (nSPS) is 19.4. The van der Waals surface area contributed by atoms with Crippen molar-refractivity contribution >= 4 is 23.6 Å². The fraction of sp³-hybridized carbons (Fsp3) is 0.591. The van der Waals surface area contributed by atoms with Gasteiger partial charge in [0.05, 0.1) is 24.8 Å². The van der Waals surface area contributed by atoms with Crippen molar-refractivity contribution in [2.24, 2.45) is 18.7 Å². The quantitative estimate of drug-likeness (QED) is 0.188. The Balaban J connectivity index is 1.63. The Kier molecular flexibility index (Phi) is 8.21. The van der Waals surface area contributed by atoms with Gasteiger partial charge in [0.15, 0.2) is 0 Å². The molecule has 0 saturated heterocycles. The van der Waals surface area contributed by atoms with Gasteiger partial charge in [0.2, 0.25) is 11.8 Å². The highest BCUT2D eigenvalue weighted by atomic mass is 16.4. The van der Waals surface area contributed by atoms with Crippen molar-refractivity contribution in [1.29, 1.82) is 5.41 Å². The van der Waals surface area contributed by atoms with E-state index in [4.69, 9.17) is 16.2 Å². The summed E-state index contributed by atoms with van der Waals surface area (Å²) in [6.45, 7) is 0.124. The predicted octanol–water partition coefficient (Wildman–Crippen LogP) is 0.101. The summed E-state index contributed by atoms with van der Waals surface area (Å²) < 4.78 is 1.47. The van der Waals surface area contributed by atoms with Crippen LogP contribution in [0, 0.1) is 11.3 Å². The van der Waals surface area contributed by atoms with Crippen LogP contribution in [-0.4, -0.2) is 68.6 Å². The zero-order valence-corrected chi connectivity index (χ0v) is 18.9. The smallest absolute Gasteiger partial charge is 0.317 e. The molecule has 1 aromatic rings. The van der Waals surface area contributed by atoms with Crippen LogP contribution in [0.15, 0.2) is 18.2 Å². The number of aryl methyl sites for hydroxylation is 1. The Hall–Kier alpha value is -3.21. The molecule has 1 saturated carbocycles. The average Bonchev–Trinajstić information content (AvgIpc) is 3.42. The van der Waals surface area contributed by atoms with Crippen LogP contribution < -0.4 is 16.4 Å². The second kappa shape index (κ2) is 11.1. The molecule has 2 amide bonds. The number of nitrogen functional groups attached to an aromatic ring is 1. The molecule has 0 unspecified atom stereocenters. The number of nitrogens with one attached hydrogen (secondary N) is 3. The van der Waals surface area contributed by atoms with Gasteiger partial charge in [-0.3, -0.25) is 29.8 Å². The number of carboxylic acid groups (broad SMARTS) is 1. The minimum atomic E-state index is -1.02. The van der Waals surface area contributed by atoms with E-state index in [0.29, 0.717) is 30.3 Å². The van der Waals surface area contributed by atoms with Crippen molar-refractivity contribution in [3.8, 4) is 0 Å². The molecular weight excluding hydrogens is 426 g/mol. The van der Waals surface area contributed by atoms with E-state index in [0.717, 1.165) is 25.7 Å². The molecule has 6 N–H and O–H groups in total. The van der Waals surface area contributed by atoms with Crippen molar-refractivity contribution in [3.63, 3.8) is 0 Å². The van der Waals surface area contributed by atoms with Gasteiger partial charge in [-0.15, -0.1) is 0 Å². The molecule has 11 heteroatoms. The highest BCUT2D eigenvalue weighted by Gasteiger charge is 2.35. The highest BCUT2D eigenvalue weighted by molar-refractivity contribution is 5.94. The highest BCUT2D eigenvalue weighted by Crippen LogP contribution is 2.28. The number of carbonyl (C=O) groups excluding carboxylic acids is 2. The van der Waals surface area contributed by atoms with Crippen molar-refractivity contribution in [2.45, 2.75) is 57.2 Å². The number of nitrogens with zero attached hydrogens (tertiary/aromatic N) is 3. The summed E-state index contributed by atoms with van der Waals surface area (Å²) in [6, 6.07) is 0.216. The van der Waals surface area contributed by atoms with Gasteiger partial charge in [0.25, 0.3) is 0 Å². The summed E-state index contributed by atoms with van der Waals surface area (Å²) in [7, 11) is 1.67. The molecule has 0 radical (unpaired) electrons. The van der Waals surface area contributed by atoms with E-state index in [9.17, 15) is 14.4 Å². The van der Waals surface area contributed by atoms with Crippen LogP contribution in [0.1, 0.15) is 49.9 Å². The molecule has 2 heterocycles. The standard InChI is InChI=1S/C22H33N7O4/c1-28-18(20(23)24)11-15(27-28)12-26-21(32)17-8-5-9-29(17)22(33)16(25-13-19(30)31)10-14-6-3-2-4-7-14/h5,8,11,14,16-17,25H,2-4,6-7,9-10,12-13H2,1H3,(H3,23,24)(H,26,32)(H,30,31)/t16-,17+/m1/s1. The average molecular weight is 460 g/mol. The summed E-state index contributed by atoms with van der Waals surface area (Å²) in [5.74, 6) is -1.37. The van der Waals surface area contributed by atoms with E-state index >= 15 is 0 Å². The van der Waals surface area contributed by atoms with E-state index in [1.807, 2.05) is 0 Å². The Morgan fingerprint density at radius 3 is 2.67 bits per heavy atom. The molecule has 0 spiro atoms. The van der Waals surface area contributed by atoms with Gasteiger partial charge >= 0.3 is 5.97 Å². The molecule has 1 aliphatic heterocycles. The third-order valence-electron chi connectivity index (χ3n) is 6.25. The lowest BCUT2D eigenvalue weighted by Crippen LogP contribution is -2.53. The minimum absolute atomic E-state index is 0.115. The largest absolute Gasteiger partial charge is 0.480 e. The number of nitrogens with two attached hydrogens (primary N) is 1. The topological polar surface area (TPSA) is 166 Å². The molecule has 0 bridgehead atoms. The van der Waals surface area contributed by atoms with E-state index in [-0.39, 0.29) is 30.7 Å². The number of carboxylic acids is 1. The SMILES string of the molecule is Cn1nc(CNC(=O)[C@@H]2C=CCN2C(=O)[C@@H](CC2CCCCC2)NCC(=O)O)cc1C(=N)N. The number of rotatable bonds is 10. The summed E-state index contributed by atoms with van der Waals surface area (Å²) in [5.41, 5.74) is 6.51. The summed E-state index contributed by atoms with van der Waals surface area (Å²) >= 11 is 0. The van der Waals surface area contributed by atoms with Gasteiger partial charge in [-0.1, -0.05) is 44.3 Å². The Morgan fingerprint density at radius 2 is 2.03 bits per heavy atom. The maximum atomic E-state index is 13.3. The minimum Gasteiger partial charge on any atom is -0.480 e. The number of aromatic nitrogens is 2. The first kappa shape index (κ1) is 24.4. The zero-order valence-electron chi connectivity index (χ0n) is 18.9. The molecule has 2 aliphatic rings. The van der Waals surface area contributed by atoms with E-state index in [1.54, 1.807) is 25.3 Å². The molecule has 0 aromatic carbocycles. The van der Waals surface area contributed by atoms with Crippen LogP contribution in [-0.2, 0) is 28.0 Å². The van der Waals surface area contributed by atoms with Crippen LogP contribution in [0.2, 0.25) is 0 Å². The molecule has 180 valence electrons. The van der Waals surface area contributed by atoms with Crippen molar-refractivity contribution in [1.82, 2.24) is 25.3 Å². The van der Waals surface area contributed by atoms with Gasteiger partial charge in [0, 0.05) is 13.6 Å². The van der Waals surface area contributed by atoms with Gasteiger partial charge in [-0.25, -0.2) is 0 Å². The third kappa shape index (κ3) is 6.41. The lowest BCUT2D eigenvalue weighted by molar-refractivity contribution is -0.140. The molecule has 33 heavy (non-hydrogen) atoms. The van der Waals surface area contributed by atoms with Gasteiger partial charge < -0.3 is 21.1 Å². The molecule has 11 nitrogen and oxygen atoms in total. The van der Waals surface area contributed by atoms with Crippen LogP contribution in [0.4, 0.5) is 0 Å². The van der Waals surface area contributed by atoms with E-state index in [1.165, 1.54) is 16.0 Å². The fourth-order valence-electron chi connectivity index (χ4n) is 4.56. The van der Waals surface area contributed by atoms with Gasteiger partial charge in [-0.05, 0) is 18.4 Å². The zero-order chi connectivity index (χ0) is 24.0. The number of hydrogen-bond acceptors (Lipinski definition) is 6. The molecule has 3 rings (SSSR count). The number of hydrogen-bond donors (Lipinski definition) is 5. The molecule has 1 fully saturated rings. The second-order valence-corrected chi connectivity index (χ2v) is 8.71. The summed E-state index contributed by atoms with van der Waals surface area (Å²) in [5, 5.41) is 26.6.